The van der Waals surface area contributed by atoms with Crippen LogP contribution in [-0.2, 0) is 13.0 Å². The van der Waals surface area contributed by atoms with E-state index in [-0.39, 0.29) is 24.0 Å². The third kappa shape index (κ3) is 6.72. The van der Waals surface area contributed by atoms with Crippen molar-refractivity contribution in [2.45, 2.75) is 26.8 Å². The van der Waals surface area contributed by atoms with Crippen LogP contribution in [-0.4, -0.2) is 40.7 Å². The van der Waals surface area contributed by atoms with Crippen LogP contribution in [0.3, 0.4) is 0 Å². The number of methoxy groups -OCH3 is 1. The lowest BCUT2D eigenvalue weighted by Crippen LogP contribution is -2.38. The van der Waals surface area contributed by atoms with E-state index in [1.807, 2.05) is 48.1 Å². The van der Waals surface area contributed by atoms with Crippen molar-refractivity contribution < 1.29 is 4.74 Å². The molecule has 0 amide bonds. The van der Waals surface area contributed by atoms with E-state index in [2.05, 4.69) is 44.7 Å². The van der Waals surface area contributed by atoms with Gasteiger partial charge in [-0.15, -0.1) is 24.0 Å². The number of imidazole rings is 1. The van der Waals surface area contributed by atoms with Crippen LogP contribution in [0.5, 0.6) is 5.75 Å². The fourth-order valence-corrected chi connectivity index (χ4v) is 2.90. The summed E-state index contributed by atoms with van der Waals surface area (Å²) in [5.74, 6) is 3.45. The van der Waals surface area contributed by atoms with Crippen molar-refractivity contribution in [3.63, 3.8) is 0 Å². The lowest BCUT2D eigenvalue weighted by atomic mass is 10.1. The van der Waals surface area contributed by atoms with E-state index in [0.717, 1.165) is 48.4 Å². The average molecular weight is 520 g/mol. The molecule has 0 fully saturated rings. The fourth-order valence-electron chi connectivity index (χ4n) is 2.90. The first-order chi connectivity index (χ1) is 14.2. The molecule has 0 atom stereocenters. The second-order valence-corrected chi connectivity index (χ2v) is 6.59. The maximum Gasteiger partial charge on any atom is 0.191 e. The molecule has 7 nitrogen and oxygen atoms in total. The van der Waals surface area contributed by atoms with E-state index < -0.39 is 0 Å². The molecule has 0 unspecified atom stereocenters. The molecule has 0 bridgehead atoms. The predicted octanol–water partition coefficient (Wildman–Crippen LogP) is 3.50. The SMILES string of the molecule is CCNC(=NCc1ccc(-n2ccnc2C)nc1)NCCc1ccc(OC)cc1.I. The molecule has 0 radical (unpaired) electrons. The summed E-state index contributed by atoms with van der Waals surface area (Å²) in [6.07, 6.45) is 6.45. The molecule has 0 saturated heterocycles. The van der Waals surface area contributed by atoms with E-state index in [4.69, 9.17) is 4.74 Å². The molecule has 3 aromatic rings. The summed E-state index contributed by atoms with van der Waals surface area (Å²) >= 11 is 0. The number of halogens is 1. The van der Waals surface area contributed by atoms with Gasteiger partial charge in [-0.05, 0) is 49.6 Å². The molecule has 1 aromatic carbocycles. The molecule has 2 heterocycles. The summed E-state index contributed by atoms with van der Waals surface area (Å²) in [4.78, 5) is 13.4. The van der Waals surface area contributed by atoms with Crippen LogP contribution in [0.25, 0.3) is 5.82 Å². The molecule has 2 aromatic heterocycles. The van der Waals surface area contributed by atoms with Crippen LogP contribution < -0.4 is 15.4 Å². The van der Waals surface area contributed by atoms with Crippen molar-refractivity contribution in [2.75, 3.05) is 20.2 Å². The first-order valence-electron chi connectivity index (χ1n) is 9.80. The first kappa shape index (κ1) is 23.7. The first-order valence-corrected chi connectivity index (χ1v) is 9.80. The number of guanidine groups is 1. The van der Waals surface area contributed by atoms with Gasteiger partial charge in [0.2, 0.25) is 0 Å². The van der Waals surface area contributed by atoms with Gasteiger partial charge in [0, 0.05) is 31.7 Å². The highest BCUT2D eigenvalue weighted by Gasteiger charge is 2.03. The summed E-state index contributed by atoms with van der Waals surface area (Å²) in [7, 11) is 1.68. The van der Waals surface area contributed by atoms with Gasteiger partial charge in [0.1, 0.15) is 17.4 Å². The van der Waals surface area contributed by atoms with Crippen LogP contribution >= 0.6 is 24.0 Å². The van der Waals surface area contributed by atoms with Crippen LogP contribution in [0, 0.1) is 6.92 Å². The molecular formula is C22H29IN6O. The molecular weight excluding hydrogens is 491 g/mol. The molecule has 30 heavy (non-hydrogen) atoms. The second kappa shape index (κ2) is 12.2. The zero-order chi connectivity index (χ0) is 20.5. The van der Waals surface area contributed by atoms with E-state index in [9.17, 15) is 0 Å². The minimum Gasteiger partial charge on any atom is -0.497 e. The molecule has 0 aliphatic rings. The number of hydrogen-bond donors (Lipinski definition) is 2. The standard InChI is InChI=1S/C22H28N6O.HI/c1-4-23-22(25-12-11-18-5-8-20(29-3)9-6-18)27-16-19-7-10-21(26-15-19)28-14-13-24-17(28)2;/h5-10,13-15H,4,11-12,16H2,1-3H3,(H2,23,25,27);1H. The molecule has 2 N–H and O–H groups in total. The molecule has 0 saturated carbocycles. The average Bonchev–Trinajstić information content (AvgIpc) is 3.19. The van der Waals surface area contributed by atoms with Crippen molar-refractivity contribution in [3.05, 3.63) is 71.9 Å². The van der Waals surface area contributed by atoms with Gasteiger partial charge >= 0.3 is 0 Å². The molecule has 0 aliphatic carbocycles. The summed E-state index contributed by atoms with van der Waals surface area (Å²) in [5, 5.41) is 6.67. The number of hydrogen-bond acceptors (Lipinski definition) is 4. The fraction of sp³-hybridized carbons (Fsp3) is 0.318. The Morgan fingerprint density at radius 2 is 1.83 bits per heavy atom. The number of nitrogens with one attached hydrogen (secondary N) is 2. The summed E-state index contributed by atoms with van der Waals surface area (Å²) in [5.41, 5.74) is 2.31. The Hall–Kier alpha value is -2.62. The minimum atomic E-state index is 0. The van der Waals surface area contributed by atoms with Crippen LogP contribution in [0.2, 0.25) is 0 Å². The Bertz CT molecular complexity index is 922. The smallest absolute Gasteiger partial charge is 0.191 e. The van der Waals surface area contributed by atoms with Gasteiger partial charge in [-0.3, -0.25) is 4.57 Å². The van der Waals surface area contributed by atoms with Gasteiger partial charge in [-0.25, -0.2) is 15.0 Å². The summed E-state index contributed by atoms with van der Waals surface area (Å²) in [6, 6.07) is 12.2. The monoisotopic (exact) mass is 520 g/mol. The van der Waals surface area contributed by atoms with Gasteiger partial charge in [-0.1, -0.05) is 18.2 Å². The van der Waals surface area contributed by atoms with Crippen LogP contribution in [0.15, 0.2) is 60.0 Å². The zero-order valence-electron chi connectivity index (χ0n) is 17.6. The van der Waals surface area contributed by atoms with Gasteiger partial charge in [0.25, 0.3) is 0 Å². The predicted molar refractivity (Wildman–Crippen MR) is 131 cm³/mol. The lowest BCUT2D eigenvalue weighted by Gasteiger charge is -2.11. The Labute approximate surface area is 195 Å². The van der Waals surface area contributed by atoms with Crippen molar-refractivity contribution in [1.29, 1.82) is 0 Å². The van der Waals surface area contributed by atoms with Gasteiger partial charge < -0.3 is 15.4 Å². The number of aromatic nitrogens is 3. The van der Waals surface area contributed by atoms with Gasteiger partial charge in [-0.2, -0.15) is 0 Å². The number of ether oxygens (including phenoxy) is 1. The lowest BCUT2D eigenvalue weighted by molar-refractivity contribution is 0.414. The van der Waals surface area contributed by atoms with E-state index in [0.29, 0.717) is 6.54 Å². The Balaban J connectivity index is 0.00000320. The summed E-state index contributed by atoms with van der Waals surface area (Å²) < 4.78 is 7.15. The van der Waals surface area contributed by atoms with Gasteiger partial charge in [0.05, 0.1) is 13.7 Å². The number of pyridine rings is 1. The largest absolute Gasteiger partial charge is 0.497 e. The maximum absolute atomic E-state index is 5.20. The normalized spacial score (nSPS) is 11.0. The molecule has 0 aliphatic heterocycles. The molecule has 8 heteroatoms. The van der Waals surface area contributed by atoms with Crippen molar-refractivity contribution in [2.24, 2.45) is 4.99 Å². The third-order valence-electron chi connectivity index (χ3n) is 4.51. The highest BCUT2D eigenvalue weighted by Crippen LogP contribution is 2.11. The summed E-state index contributed by atoms with van der Waals surface area (Å²) in [6.45, 7) is 6.19. The zero-order valence-corrected chi connectivity index (χ0v) is 20.0. The second-order valence-electron chi connectivity index (χ2n) is 6.59. The minimum absolute atomic E-state index is 0. The maximum atomic E-state index is 5.20. The van der Waals surface area contributed by atoms with Crippen LogP contribution in [0.1, 0.15) is 23.9 Å². The Kier molecular flexibility index (Phi) is 9.59. The number of aryl methyl sites for hydroxylation is 1. The number of rotatable bonds is 8. The van der Waals surface area contributed by atoms with E-state index in [1.54, 1.807) is 13.3 Å². The highest BCUT2D eigenvalue weighted by atomic mass is 127. The number of aliphatic imine (C=N–C) groups is 1. The van der Waals surface area contributed by atoms with Crippen molar-refractivity contribution in [1.82, 2.24) is 25.2 Å². The number of benzene rings is 1. The number of nitrogens with zero attached hydrogens (tertiary/aromatic N) is 4. The highest BCUT2D eigenvalue weighted by molar-refractivity contribution is 14.0. The topological polar surface area (TPSA) is 76.4 Å². The van der Waals surface area contributed by atoms with E-state index in [1.165, 1.54) is 5.56 Å². The third-order valence-corrected chi connectivity index (χ3v) is 4.51. The quantitative estimate of drug-likeness (QED) is 0.270. The van der Waals surface area contributed by atoms with Crippen molar-refractivity contribution in [3.8, 4) is 11.6 Å². The van der Waals surface area contributed by atoms with Crippen LogP contribution in [0.4, 0.5) is 0 Å². The Morgan fingerprint density at radius 1 is 1.07 bits per heavy atom. The van der Waals surface area contributed by atoms with Crippen molar-refractivity contribution >= 4 is 29.9 Å². The Morgan fingerprint density at radius 3 is 2.43 bits per heavy atom. The molecule has 160 valence electrons. The molecule has 3 rings (SSSR count). The van der Waals surface area contributed by atoms with E-state index >= 15 is 0 Å². The van der Waals surface area contributed by atoms with Gasteiger partial charge in [0.15, 0.2) is 5.96 Å². The molecule has 0 spiro atoms.